The quantitative estimate of drug-likeness (QED) is 0.305. The molecule has 1 amide bonds. The Balaban J connectivity index is 1.59. The van der Waals surface area contributed by atoms with E-state index in [1.807, 2.05) is 18.2 Å². The van der Waals surface area contributed by atoms with Crippen LogP contribution in [0.25, 0.3) is 0 Å². The Hall–Kier alpha value is -1.90. The smallest absolute Gasteiger partial charge is 0.263 e. The van der Waals surface area contributed by atoms with E-state index in [1.54, 1.807) is 43.0 Å². The minimum absolute atomic E-state index is 0.0322. The number of anilines is 1. The van der Waals surface area contributed by atoms with E-state index in [1.165, 1.54) is 18.2 Å². The Morgan fingerprint density at radius 2 is 1.67 bits per heavy atom. The number of rotatable bonds is 9. The maximum atomic E-state index is 12.9. The summed E-state index contributed by atoms with van der Waals surface area (Å²) in [4.78, 5) is 12.4. The van der Waals surface area contributed by atoms with Crippen molar-refractivity contribution in [3.63, 3.8) is 0 Å². The second kappa shape index (κ2) is 11.5. The summed E-state index contributed by atoms with van der Waals surface area (Å²) in [6.07, 6.45) is 0. The first-order valence-corrected chi connectivity index (χ1v) is 13.6. The fourth-order valence-electron chi connectivity index (χ4n) is 2.90. The molecule has 0 aliphatic carbocycles. The highest BCUT2D eigenvalue weighted by atomic mass is 35.5. The van der Waals surface area contributed by atoms with Crippen molar-refractivity contribution in [1.29, 1.82) is 0 Å². The number of amides is 1. The number of para-hydroxylation sites is 1. The molecule has 0 aliphatic rings. The van der Waals surface area contributed by atoms with Crippen LogP contribution in [0.4, 0.5) is 5.69 Å². The molecular formula is C23H21Cl3N2O3S2. The van der Waals surface area contributed by atoms with Crippen molar-refractivity contribution in [3.8, 4) is 0 Å². The number of carbonyl (C=O) groups excluding carboxylic acids is 1. The highest BCUT2D eigenvalue weighted by Gasteiger charge is 2.21. The number of benzene rings is 3. The van der Waals surface area contributed by atoms with Gasteiger partial charge in [-0.05, 0) is 54.4 Å². The first-order valence-electron chi connectivity index (χ1n) is 9.85. The third-order valence-electron chi connectivity index (χ3n) is 4.66. The zero-order chi connectivity index (χ0) is 24.0. The Morgan fingerprint density at radius 1 is 0.939 bits per heavy atom. The predicted octanol–water partition coefficient (Wildman–Crippen LogP) is 6.42. The summed E-state index contributed by atoms with van der Waals surface area (Å²) in [7, 11) is -3.98. The van der Waals surface area contributed by atoms with Crippen LogP contribution in [0.2, 0.25) is 15.1 Å². The van der Waals surface area contributed by atoms with E-state index in [4.69, 9.17) is 34.8 Å². The average molecular weight is 544 g/mol. The third-order valence-corrected chi connectivity index (χ3v) is 8.27. The lowest BCUT2D eigenvalue weighted by molar-refractivity contribution is 0.0956. The van der Waals surface area contributed by atoms with Crippen molar-refractivity contribution >= 4 is 68.2 Å². The van der Waals surface area contributed by atoms with Crippen molar-refractivity contribution < 1.29 is 13.2 Å². The summed E-state index contributed by atoms with van der Waals surface area (Å²) in [6, 6.07) is 16.6. The lowest BCUT2D eigenvalue weighted by Gasteiger charge is -2.13. The predicted molar refractivity (Wildman–Crippen MR) is 138 cm³/mol. The zero-order valence-corrected chi connectivity index (χ0v) is 21.5. The summed E-state index contributed by atoms with van der Waals surface area (Å²) in [5, 5.41) is 3.85. The van der Waals surface area contributed by atoms with E-state index in [-0.39, 0.29) is 21.4 Å². The number of thioether (sulfide) groups is 1. The summed E-state index contributed by atoms with van der Waals surface area (Å²) < 4.78 is 28.3. The molecule has 0 unspecified atom stereocenters. The largest absolute Gasteiger partial charge is 0.351 e. The van der Waals surface area contributed by atoms with Gasteiger partial charge in [0.2, 0.25) is 0 Å². The van der Waals surface area contributed by atoms with Crippen LogP contribution in [-0.4, -0.2) is 26.6 Å². The van der Waals surface area contributed by atoms with Gasteiger partial charge in [-0.2, -0.15) is 11.8 Å². The van der Waals surface area contributed by atoms with Gasteiger partial charge in [0.25, 0.3) is 15.9 Å². The number of halogens is 3. The van der Waals surface area contributed by atoms with Crippen LogP contribution in [0.5, 0.6) is 0 Å². The fourth-order valence-corrected chi connectivity index (χ4v) is 5.68. The molecule has 3 aromatic rings. The SMILES string of the molecule is Cc1ccccc1NS(=O)(=O)c1cc(C(=O)NCCSCc2ccc(Cl)c(Cl)c2)ccc1Cl. The number of hydrogen-bond donors (Lipinski definition) is 2. The summed E-state index contributed by atoms with van der Waals surface area (Å²) in [6.45, 7) is 2.21. The van der Waals surface area contributed by atoms with Crippen molar-refractivity contribution in [2.24, 2.45) is 0 Å². The van der Waals surface area contributed by atoms with E-state index < -0.39 is 10.0 Å². The number of sulfonamides is 1. The minimum Gasteiger partial charge on any atom is -0.351 e. The van der Waals surface area contributed by atoms with Crippen LogP contribution in [0.15, 0.2) is 65.6 Å². The van der Waals surface area contributed by atoms with E-state index in [2.05, 4.69) is 10.0 Å². The normalized spacial score (nSPS) is 11.3. The van der Waals surface area contributed by atoms with Crippen LogP contribution >= 0.6 is 46.6 Å². The summed E-state index contributed by atoms with van der Waals surface area (Å²) >= 11 is 19.7. The van der Waals surface area contributed by atoms with E-state index in [0.717, 1.165) is 16.9 Å². The summed E-state index contributed by atoms with van der Waals surface area (Å²) in [5.41, 5.74) is 2.46. The molecule has 0 heterocycles. The standard InChI is InChI=1S/C23H21Cl3N2O3S2/c1-15-4-2-3-5-21(15)28-33(30,31)22-13-17(7-9-19(22)25)23(29)27-10-11-32-14-16-6-8-18(24)20(26)12-16/h2-9,12-13,28H,10-11,14H2,1H3,(H,27,29). The van der Waals surface area contributed by atoms with Gasteiger partial charge in [-0.25, -0.2) is 8.42 Å². The second-order valence-electron chi connectivity index (χ2n) is 7.12. The highest BCUT2D eigenvalue weighted by Crippen LogP contribution is 2.27. The highest BCUT2D eigenvalue weighted by molar-refractivity contribution is 7.98. The van der Waals surface area contributed by atoms with Crippen LogP contribution in [0.3, 0.4) is 0 Å². The van der Waals surface area contributed by atoms with Crippen LogP contribution < -0.4 is 10.0 Å². The van der Waals surface area contributed by atoms with Gasteiger partial charge in [0, 0.05) is 23.6 Å². The molecule has 0 atom stereocenters. The maximum Gasteiger partial charge on any atom is 0.263 e. The van der Waals surface area contributed by atoms with Gasteiger partial charge in [0.1, 0.15) is 4.90 Å². The van der Waals surface area contributed by atoms with Crippen LogP contribution in [0.1, 0.15) is 21.5 Å². The topological polar surface area (TPSA) is 75.3 Å². The van der Waals surface area contributed by atoms with Gasteiger partial charge < -0.3 is 5.32 Å². The number of carbonyl (C=O) groups is 1. The Kier molecular flexibility index (Phi) is 8.95. The van der Waals surface area contributed by atoms with Crippen molar-refractivity contribution in [2.75, 3.05) is 17.0 Å². The molecule has 0 saturated carbocycles. The molecule has 0 spiro atoms. The van der Waals surface area contributed by atoms with E-state index in [0.29, 0.717) is 28.0 Å². The van der Waals surface area contributed by atoms with Gasteiger partial charge in [-0.15, -0.1) is 0 Å². The minimum atomic E-state index is -3.98. The summed E-state index contributed by atoms with van der Waals surface area (Å²) in [5.74, 6) is 1.01. The fraction of sp³-hybridized carbons (Fsp3) is 0.174. The van der Waals surface area contributed by atoms with E-state index in [9.17, 15) is 13.2 Å². The molecule has 0 radical (unpaired) electrons. The monoisotopic (exact) mass is 542 g/mol. The van der Waals surface area contributed by atoms with Gasteiger partial charge >= 0.3 is 0 Å². The lowest BCUT2D eigenvalue weighted by Crippen LogP contribution is -2.26. The molecule has 2 N–H and O–H groups in total. The molecule has 0 saturated heterocycles. The van der Waals surface area contributed by atoms with Gasteiger partial charge in [-0.1, -0.05) is 59.1 Å². The second-order valence-corrected chi connectivity index (χ2v) is 11.1. The molecule has 174 valence electrons. The molecule has 0 aromatic heterocycles. The van der Waals surface area contributed by atoms with Gasteiger partial charge in [-0.3, -0.25) is 9.52 Å². The van der Waals surface area contributed by atoms with Gasteiger partial charge in [0.15, 0.2) is 0 Å². The number of nitrogens with one attached hydrogen (secondary N) is 2. The lowest BCUT2D eigenvalue weighted by atomic mass is 10.2. The first-order chi connectivity index (χ1) is 15.7. The third kappa shape index (κ3) is 7.04. The van der Waals surface area contributed by atoms with Crippen LogP contribution in [-0.2, 0) is 15.8 Å². The molecular weight excluding hydrogens is 523 g/mol. The Morgan fingerprint density at radius 3 is 2.39 bits per heavy atom. The number of aryl methyl sites for hydroxylation is 1. The Bertz CT molecular complexity index is 1270. The molecule has 3 aromatic carbocycles. The average Bonchev–Trinajstić information content (AvgIpc) is 2.77. The molecule has 0 bridgehead atoms. The molecule has 0 aliphatic heterocycles. The van der Waals surface area contributed by atoms with Crippen LogP contribution in [0, 0.1) is 6.92 Å². The number of hydrogen-bond acceptors (Lipinski definition) is 4. The van der Waals surface area contributed by atoms with Crippen molar-refractivity contribution in [1.82, 2.24) is 5.32 Å². The maximum absolute atomic E-state index is 12.9. The van der Waals surface area contributed by atoms with E-state index >= 15 is 0 Å². The first kappa shape index (κ1) is 25.7. The van der Waals surface area contributed by atoms with Gasteiger partial charge in [0.05, 0.1) is 20.8 Å². The Labute approximate surface area is 212 Å². The molecule has 0 fully saturated rings. The molecule has 10 heteroatoms. The molecule has 3 rings (SSSR count). The molecule has 5 nitrogen and oxygen atoms in total. The molecule has 33 heavy (non-hydrogen) atoms. The van der Waals surface area contributed by atoms with Crippen molar-refractivity contribution in [2.45, 2.75) is 17.6 Å². The zero-order valence-electron chi connectivity index (χ0n) is 17.6. The van der Waals surface area contributed by atoms with Crippen molar-refractivity contribution in [3.05, 3.63) is 92.4 Å².